The van der Waals surface area contributed by atoms with E-state index in [1.165, 1.54) is 6.20 Å². The van der Waals surface area contributed by atoms with Crippen molar-refractivity contribution in [1.29, 1.82) is 5.26 Å². The average molecular weight is 496 g/mol. The van der Waals surface area contributed by atoms with E-state index in [2.05, 4.69) is 20.6 Å². The van der Waals surface area contributed by atoms with Gasteiger partial charge in [-0.2, -0.15) is 18.4 Å². The summed E-state index contributed by atoms with van der Waals surface area (Å²) in [7, 11) is 0. The number of amides is 2. The fraction of sp³-hybridized carbons (Fsp3) is 0.636. The SMILES string of the molecule is N#Cc1ccc(N2CCN(C(=O)C[C@H]3CC[C@@H](CNC4CNNC(=O)C4C(F)(F)F)O3)CC2)nc1. The summed E-state index contributed by atoms with van der Waals surface area (Å²) in [6.07, 6.45) is -2.20. The molecule has 13 heteroatoms. The molecule has 1 aromatic heterocycles. The number of hydrogen-bond acceptors (Lipinski definition) is 8. The minimum Gasteiger partial charge on any atom is -0.373 e. The van der Waals surface area contributed by atoms with Crippen LogP contribution in [-0.4, -0.2) is 85.4 Å². The fourth-order valence-corrected chi connectivity index (χ4v) is 4.70. The number of carbonyl (C=O) groups is 2. The van der Waals surface area contributed by atoms with Gasteiger partial charge in [-0.3, -0.25) is 15.0 Å². The molecule has 10 nitrogen and oxygen atoms in total. The quantitative estimate of drug-likeness (QED) is 0.516. The van der Waals surface area contributed by atoms with Gasteiger partial charge in [-0.25, -0.2) is 10.4 Å². The van der Waals surface area contributed by atoms with Crippen molar-refractivity contribution in [2.45, 2.75) is 43.7 Å². The summed E-state index contributed by atoms with van der Waals surface area (Å²) in [4.78, 5) is 32.6. The number of pyridine rings is 1. The second-order valence-corrected chi connectivity index (χ2v) is 8.95. The Bertz CT molecular complexity index is 945. The van der Waals surface area contributed by atoms with Gasteiger partial charge in [0.15, 0.2) is 5.92 Å². The van der Waals surface area contributed by atoms with Crippen molar-refractivity contribution in [3.8, 4) is 6.07 Å². The molecule has 1 aromatic rings. The Labute approximate surface area is 200 Å². The van der Waals surface area contributed by atoms with Crippen LogP contribution in [0.2, 0.25) is 0 Å². The number of hydrazine groups is 1. The van der Waals surface area contributed by atoms with Gasteiger partial charge in [0.05, 0.1) is 24.2 Å². The highest BCUT2D eigenvalue weighted by atomic mass is 19.4. The molecule has 4 heterocycles. The Morgan fingerprint density at radius 1 is 1.23 bits per heavy atom. The second kappa shape index (κ2) is 10.8. The number of aromatic nitrogens is 1. The van der Waals surface area contributed by atoms with Crippen LogP contribution in [0.3, 0.4) is 0 Å². The molecule has 4 atom stereocenters. The molecule has 0 bridgehead atoms. The normalized spacial score (nSPS) is 27.4. The topological polar surface area (TPSA) is 123 Å². The summed E-state index contributed by atoms with van der Waals surface area (Å²) >= 11 is 0. The van der Waals surface area contributed by atoms with E-state index in [4.69, 9.17) is 10.00 Å². The molecule has 35 heavy (non-hydrogen) atoms. The summed E-state index contributed by atoms with van der Waals surface area (Å²) in [5, 5.41) is 11.7. The number of ether oxygens (including phenoxy) is 1. The summed E-state index contributed by atoms with van der Waals surface area (Å²) in [5.41, 5.74) is 5.01. The molecular formula is C22H28F3N7O3. The summed E-state index contributed by atoms with van der Waals surface area (Å²) in [5.74, 6) is -2.47. The van der Waals surface area contributed by atoms with E-state index in [1.54, 1.807) is 17.0 Å². The zero-order valence-electron chi connectivity index (χ0n) is 19.1. The van der Waals surface area contributed by atoms with Gasteiger partial charge >= 0.3 is 6.18 Å². The number of nitrogens with zero attached hydrogens (tertiary/aromatic N) is 4. The van der Waals surface area contributed by atoms with Crippen LogP contribution in [0.1, 0.15) is 24.8 Å². The molecule has 4 rings (SSSR count). The summed E-state index contributed by atoms with van der Waals surface area (Å²) in [6.45, 7) is 2.49. The number of anilines is 1. The fourth-order valence-electron chi connectivity index (χ4n) is 4.70. The maximum Gasteiger partial charge on any atom is 0.402 e. The van der Waals surface area contributed by atoms with Crippen LogP contribution < -0.4 is 21.1 Å². The lowest BCUT2D eigenvalue weighted by molar-refractivity contribution is -0.193. The Hall–Kier alpha value is -2.95. The van der Waals surface area contributed by atoms with Crippen LogP contribution in [-0.2, 0) is 14.3 Å². The molecule has 0 spiro atoms. The summed E-state index contributed by atoms with van der Waals surface area (Å²) < 4.78 is 45.7. The number of hydrogen-bond donors (Lipinski definition) is 3. The van der Waals surface area contributed by atoms with Gasteiger partial charge in [-0.15, -0.1) is 0 Å². The molecule has 0 saturated carbocycles. The summed E-state index contributed by atoms with van der Waals surface area (Å²) in [6, 6.07) is 4.46. The molecule has 3 fully saturated rings. The van der Waals surface area contributed by atoms with E-state index in [0.717, 1.165) is 5.82 Å². The second-order valence-electron chi connectivity index (χ2n) is 8.95. The van der Waals surface area contributed by atoms with Crippen LogP contribution in [0, 0.1) is 17.2 Å². The first-order chi connectivity index (χ1) is 16.7. The molecule has 3 aliphatic rings. The van der Waals surface area contributed by atoms with Gasteiger partial charge in [0.25, 0.3) is 0 Å². The number of halogens is 3. The molecule has 0 radical (unpaired) electrons. The molecule has 0 aromatic carbocycles. The molecule has 0 aliphatic carbocycles. The van der Waals surface area contributed by atoms with Crippen LogP contribution in [0.15, 0.2) is 18.3 Å². The first-order valence-corrected chi connectivity index (χ1v) is 11.6. The number of nitrogens with one attached hydrogen (secondary N) is 3. The molecule has 3 N–H and O–H groups in total. The third kappa shape index (κ3) is 6.19. The van der Waals surface area contributed by atoms with Gasteiger partial charge in [0.1, 0.15) is 11.9 Å². The van der Waals surface area contributed by atoms with Gasteiger partial charge in [0, 0.05) is 51.5 Å². The first kappa shape index (κ1) is 25.2. The smallest absolute Gasteiger partial charge is 0.373 e. The Kier molecular flexibility index (Phi) is 7.73. The Balaban J connectivity index is 1.19. The minimum absolute atomic E-state index is 0.0127. The highest BCUT2D eigenvalue weighted by Crippen LogP contribution is 2.30. The zero-order chi connectivity index (χ0) is 25.0. The van der Waals surface area contributed by atoms with Gasteiger partial charge in [0.2, 0.25) is 11.8 Å². The molecule has 3 aliphatic heterocycles. The van der Waals surface area contributed by atoms with Gasteiger partial charge in [-0.1, -0.05) is 0 Å². The minimum atomic E-state index is -4.64. The lowest BCUT2D eigenvalue weighted by Crippen LogP contribution is -2.64. The van der Waals surface area contributed by atoms with E-state index in [-0.39, 0.29) is 37.6 Å². The third-order valence-corrected chi connectivity index (χ3v) is 6.61. The van der Waals surface area contributed by atoms with Crippen molar-refractivity contribution < 1.29 is 27.5 Å². The predicted octanol–water partition coefficient (Wildman–Crippen LogP) is 0.311. The van der Waals surface area contributed by atoms with Gasteiger partial charge < -0.3 is 19.9 Å². The van der Waals surface area contributed by atoms with E-state index >= 15 is 0 Å². The number of alkyl halides is 3. The van der Waals surface area contributed by atoms with E-state index in [1.807, 2.05) is 11.5 Å². The molecular weight excluding hydrogens is 467 g/mol. The van der Waals surface area contributed by atoms with Crippen LogP contribution in [0.5, 0.6) is 0 Å². The van der Waals surface area contributed by atoms with E-state index in [0.29, 0.717) is 44.6 Å². The Morgan fingerprint density at radius 3 is 2.63 bits per heavy atom. The van der Waals surface area contributed by atoms with Crippen molar-refractivity contribution in [3.63, 3.8) is 0 Å². The number of nitriles is 1. The molecule has 3 saturated heterocycles. The highest BCUT2D eigenvalue weighted by molar-refractivity contribution is 5.80. The highest BCUT2D eigenvalue weighted by Gasteiger charge is 2.51. The monoisotopic (exact) mass is 495 g/mol. The zero-order valence-corrected chi connectivity index (χ0v) is 19.1. The number of piperazine rings is 1. The average Bonchev–Trinajstić information content (AvgIpc) is 3.29. The van der Waals surface area contributed by atoms with Crippen molar-refractivity contribution >= 4 is 17.6 Å². The van der Waals surface area contributed by atoms with E-state index < -0.39 is 24.0 Å². The Morgan fingerprint density at radius 2 is 1.97 bits per heavy atom. The maximum absolute atomic E-state index is 13.3. The van der Waals surface area contributed by atoms with Crippen molar-refractivity contribution in [2.75, 3.05) is 44.2 Å². The van der Waals surface area contributed by atoms with Gasteiger partial charge in [-0.05, 0) is 25.0 Å². The van der Waals surface area contributed by atoms with Crippen molar-refractivity contribution in [2.24, 2.45) is 5.92 Å². The lowest BCUT2D eigenvalue weighted by Gasteiger charge is -2.36. The van der Waals surface area contributed by atoms with Crippen LogP contribution >= 0.6 is 0 Å². The van der Waals surface area contributed by atoms with E-state index in [9.17, 15) is 22.8 Å². The number of rotatable bonds is 6. The van der Waals surface area contributed by atoms with Crippen molar-refractivity contribution in [1.82, 2.24) is 26.1 Å². The van der Waals surface area contributed by atoms with Crippen LogP contribution in [0.4, 0.5) is 19.0 Å². The standard InChI is InChI=1S/C22H28F3N7O3/c23-22(24,25)20-17(13-29-30-21(20)34)27-12-16-3-2-15(35-16)9-19(33)32-7-5-31(6-8-32)18-4-1-14(10-26)11-28-18/h1,4,11,15-17,20,27,29H,2-3,5-9,12-13H2,(H,30,34)/t15-,16+,17?,20?/m1/s1. The predicted molar refractivity (Wildman–Crippen MR) is 118 cm³/mol. The maximum atomic E-state index is 13.3. The third-order valence-electron chi connectivity index (χ3n) is 6.61. The first-order valence-electron chi connectivity index (χ1n) is 11.6. The lowest BCUT2D eigenvalue weighted by atomic mass is 9.96. The number of carbonyl (C=O) groups excluding carboxylic acids is 2. The molecule has 2 unspecified atom stereocenters. The van der Waals surface area contributed by atoms with Crippen LogP contribution in [0.25, 0.3) is 0 Å². The van der Waals surface area contributed by atoms with Crippen molar-refractivity contribution in [3.05, 3.63) is 23.9 Å². The largest absolute Gasteiger partial charge is 0.402 e. The molecule has 2 amide bonds. The molecule has 190 valence electrons.